The molecule has 1 aromatic carbocycles. The average molecular weight is 411 g/mol. The van der Waals surface area contributed by atoms with E-state index in [0.717, 1.165) is 40.4 Å². The SMILES string of the molecule is Cn1cc(-c2ccc(NC(=O)C3(c4ccc(Br)cc4)CCC3)nc2)cn1. The molecule has 0 spiro atoms. The van der Waals surface area contributed by atoms with E-state index in [9.17, 15) is 4.79 Å². The van der Waals surface area contributed by atoms with Gasteiger partial charge in [0.15, 0.2) is 0 Å². The number of rotatable bonds is 4. The number of halogens is 1. The third-order valence-corrected chi connectivity index (χ3v) is 5.61. The van der Waals surface area contributed by atoms with E-state index < -0.39 is 5.41 Å². The zero-order valence-corrected chi connectivity index (χ0v) is 16.0. The summed E-state index contributed by atoms with van der Waals surface area (Å²) in [6, 6.07) is 11.8. The van der Waals surface area contributed by atoms with Gasteiger partial charge in [0.05, 0.1) is 11.6 Å². The summed E-state index contributed by atoms with van der Waals surface area (Å²) in [5.74, 6) is 0.596. The molecule has 6 heteroatoms. The van der Waals surface area contributed by atoms with Gasteiger partial charge in [0.25, 0.3) is 0 Å². The summed E-state index contributed by atoms with van der Waals surface area (Å²) < 4.78 is 2.77. The number of nitrogens with zero attached hydrogens (tertiary/aromatic N) is 3. The Morgan fingerprint density at radius 3 is 2.42 bits per heavy atom. The highest BCUT2D eigenvalue weighted by molar-refractivity contribution is 9.10. The molecule has 1 fully saturated rings. The molecular formula is C20H19BrN4O. The minimum Gasteiger partial charge on any atom is -0.310 e. The molecule has 5 nitrogen and oxygen atoms in total. The third kappa shape index (κ3) is 3.05. The summed E-state index contributed by atoms with van der Waals surface area (Å²) in [5, 5.41) is 7.17. The van der Waals surface area contributed by atoms with Gasteiger partial charge in [-0.25, -0.2) is 4.98 Å². The van der Waals surface area contributed by atoms with Crippen LogP contribution in [0.4, 0.5) is 5.82 Å². The van der Waals surface area contributed by atoms with Gasteiger partial charge in [-0.15, -0.1) is 0 Å². The number of aromatic nitrogens is 3. The summed E-state index contributed by atoms with van der Waals surface area (Å²) in [6.07, 6.45) is 8.30. The van der Waals surface area contributed by atoms with Gasteiger partial charge in [0, 0.05) is 35.0 Å². The maximum Gasteiger partial charge on any atom is 0.236 e. The van der Waals surface area contributed by atoms with Crippen LogP contribution in [0.15, 0.2) is 59.5 Å². The van der Waals surface area contributed by atoms with E-state index in [4.69, 9.17) is 0 Å². The van der Waals surface area contributed by atoms with E-state index in [2.05, 4.69) is 31.3 Å². The standard InChI is InChI=1S/C20H19BrN4O/c1-25-13-15(12-23-25)14-3-8-18(22-11-14)24-19(26)20(9-2-10-20)16-4-6-17(21)7-5-16/h3-8,11-13H,2,9-10H2,1H3,(H,22,24,26). The van der Waals surface area contributed by atoms with Gasteiger partial charge in [0.2, 0.25) is 5.91 Å². The summed E-state index contributed by atoms with van der Waals surface area (Å²) in [4.78, 5) is 17.4. The van der Waals surface area contributed by atoms with Crippen molar-refractivity contribution in [2.24, 2.45) is 7.05 Å². The molecule has 3 aromatic rings. The number of pyridine rings is 1. The minimum absolute atomic E-state index is 0.0210. The minimum atomic E-state index is -0.440. The van der Waals surface area contributed by atoms with E-state index in [0.29, 0.717) is 5.82 Å². The molecule has 0 unspecified atom stereocenters. The van der Waals surface area contributed by atoms with E-state index in [1.54, 1.807) is 17.1 Å². The van der Waals surface area contributed by atoms with Crippen LogP contribution in [-0.2, 0) is 17.3 Å². The molecular weight excluding hydrogens is 392 g/mol. The molecule has 1 N–H and O–H groups in total. The van der Waals surface area contributed by atoms with Gasteiger partial charge in [-0.2, -0.15) is 5.10 Å². The number of carbonyl (C=O) groups is 1. The van der Waals surface area contributed by atoms with Crippen molar-refractivity contribution in [3.8, 4) is 11.1 Å². The van der Waals surface area contributed by atoms with Crippen LogP contribution in [0.2, 0.25) is 0 Å². The molecule has 1 saturated carbocycles. The van der Waals surface area contributed by atoms with E-state index in [1.807, 2.05) is 49.6 Å². The molecule has 0 aliphatic heterocycles. The van der Waals surface area contributed by atoms with Crippen LogP contribution in [0.3, 0.4) is 0 Å². The first-order valence-corrected chi connectivity index (χ1v) is 9.39. The Labute approximate surface area is 160 Å². The first kappa shape index (κ1) is 17.0. The number of hydrogen-bond acceptors (Lipinski definition) is 3. The molecule has 0 bridgehead atoms. The fourth-order valence-electron chi connectivity index (χ4n) is 3.39. The second-order valence-corrected chi connectivity index (χ2v) is 7.65. The summed E-state index contributed by atoms with van der Waals surface area (Å²) >= 11 is 3.45. The van der Waals surface area contributed by atoms with Crippen molar-refractivity contribution in [3.05, 3.63) is 65.0 Å². The lowest BCUT2D eigenvalue weighted by molar-refractivity contribution is -0.124. The van der Waals surface area contributed by atoms with Crippen molar-refractivity contribution < 1.29 is 4.79 Å². The van der Waals surface area contributed by atoms with Gasteiger partial charge < -0.3 is 5.32 Å². The number of carbonyl (C=O) groups excluding carboxylic acids is 1. The fourth-order valence-corrected chi connectivity index (χ4v) is 3.66. The molecule has 4 rings (SSSR count). The molecule has 2 aromatic heterocycles. The Kier molecular flexibility index (Phi) is 4.36. The highest BCUT2D eigenvalue weighted by atomic mass is 79.9. The second-order valence-electron chi connectivity index (χ2n) is 6.73. The number of anilines is 1. The fraction of sp³-hybridized carbons (Fsp3) is 0.250. The molecule has 0 atom stereocenters. The van der Waals surface area contributed by atoms with Gasteiger partial charge in [-0.05, 0) is 42.7 Å². The molecule has 1 aliphatic rings. The number of aryl methyl sites for hydroxylation is 1. The Morgan fingerprint density at radius 2 is 1.88 bits per heavy atom. The quantitative estimate of drug-likeness (QED) is 0.696. The highest BCUT2D eigenvalue weighted by Gasteiger charge is 2.45. The maximum absolute atomic E-state index is 13.0. The van der Waals surface area contributed by atoms with Crippen LogP contribution in [-0.4, -0.2) is 20.7 Å². The lowest BCUT2D eigenvalue weighted by atomic mass is 9.64. The van der Waals surface area contributed by atoms with E-state index in [1.165, 1.54) is 0 Å². The molecule has 132 valence electrons. The molecule has 1 amide bonds. The topological polar surface area (TPSA) is 59.8 Å². The Hall–Kier alpha value is -2.47. The van der Waals surface area contributed by atoms with Crippen LogP contribution >= 0.6 is 15.9 Å². The Bertz CT molecular complexity index is 927. The van der Waals surface area contributed by atoms with Crippen LogP contribution in [0.5, 0.6) is 0 Å². The van der Waals surface area contributed by atoms with E-state index in [-0.39, 0.29) is 5.91 Å². The van der Waals surface area contributed by atoms with Gasteiger partial charge in [0.1, 0.15) is 5.82 Å². The first-order chi connectivity index (χ1) is 12.6. The Morgan fingerprint density at radius 1 is 1.12 bits per heavy atom. The first-order valence-electron chi connectivity index (χ1n) is 8.59. The summed E-state index contributed by atoms with van der Waals surface area (Å²) in [5.41, 5.74) is 2.60. The van der Waals surface area contributed by atoms with Gasteiger partial charge in [-0.3, -0.25) is 9.48 Å². The highest BCUT2D eigenvalue weighted by Crippen LogP contribution is 2.44. The third-order valence-electron chi connectivity index (χ3n) is 5.08. The van der Waals surface area contributed by atoms with Crippen LogP contribution in [0, 0.1) is 0 Å². The van der Waals surface area contributed by atoms with Crippen LogP contribution < -0.4 is 5.32 Å². The van der Waals surface area contributed by atoms with Crippen molar-refractivity contribution in [1.29, 1.82) is 0 Å². The van der Waals surface area contributed by atoms with Gasteiger partial charge in [-0.1, -0.05) is 34.5 Å². The largest absolute Gasteiger partial charge is 0.310 e. The van der Waals surface area contributed by atoms with Gasteiger partial charge >= 0.3 is 0 Å². The lowest BCUT2D eigenvalue weighted by Crippen LogP contribution is -2.46. The summed E-state index contributed by atoms with van der Waals surface area (Å²) in [6.45, 7) is 0. The number of benzene rings is 1. The smallest absolute Gasteiger partial charge is 0.236 e. The zero-order valence-electron chi connectivity index (χ0n) is 14.4. The molecule has 2 heterocycles. The Balaban J connectivity index is 1.52. The maximum atomic E-state index is 13.0. The second kappa shape index (κ2) is 6.68. The molecule has 0 radical (unpaired) electrons. The normalized spacial score (nSPS) is 15.3. The van der Waals surface area contributed by atoms with E-state index >= 15 is 0 Å². The van der Waals surface area contributed by atoms with Crippen molar-refractivity contribution in [1.82, 2.24) is 14.8 Å². The molecule has 1 aliphatic carbocycles. The van der Waals surface area contributed by atoms with Crippen molar-refractivity contribution in [2.45, 2.75) is 24.7 Å². The zero-order chi connectivity index (χ0) is 18.1. The monoisotopic (exact) mass is 410 g/mol. The molecule has 0 saturated heterocycles. The average Bonchev–Trinajstić information content (AvgIpc) is 3.03. The van der Waals surface area contributed by atoms with Crippen molar-refractivity contribution in [2.75, 3.05) is 5.32 Å². The van der Waals surface area contributed by atoms with Crippen LogP contribution in [0.25, 0.3) is 11.1 Å². The lowest BCUT2D eigenvalue weighted by Gasteiger charge is -2.40. The molecule has 26 heavy (non-hydrogen) atoms. The number of hydrogen-bond donors (Lipinski definition) is 1. The van der Waals surface area contributed by atoms with Crippen molar-refractivity contribution >= 4 is 27.7 Å². The number of nitrogens with one attached hydrogen (secondary N) is 1. The summed E-state index contributed by atoms with van der Waals surface area (Å²) in [7, 11) is 1.88. The van der Waals surface area contributed by atoms with Crippen molar-refractivity contribution in [3.63, 3.8) is 0 Å². The predicted molar refractivity (Wildman–Crippen MR) is 105 cm³/mol. The number of amides is 1. The predicted octanol–water partition coefficient (Wildman–Crippen LogP) is 4.31. The van der Waals surface area contributed by atoms with Crippen LogP contribution in [0.1, 0.15) is 24.8 Å².